The van der Waals surface area contributed by atoms with Crippen LogP contribution in [0.5, 0.6) is 0 Å². The molecule has 0 saturated carbocycles. The summed E-state index contributed by atoms with van der Waals surface area (Å²) in [5.41, 5.74) is 1.85. The second-order valence-electron chi connectivity index (χ2n) is 5.44. The van der Waals surface area contributed by atoms with E-state index in [1.807, 2.05) is 6.07 Å². The lowest BCUT2D eigenvalue weighted by atomic mass is 10.2. The summed E-state index contributed by atoms with van der Waals surface area (Å²) in [6.45, 7) is 2.39. The van der Waals surface area contributed by atoms with Crippen molar-refractivity contribution >= 4 is 34.8 Å². The van der Waals surface area contributed by atoms with E-state index in [1.165, 1.54) is 6.07 Å². The molecule has 0 aliphatic carbocycles. The summed E-state index contributed by atoms with van der Waals surface area (Å²) in [6.07, 6.45) is 0. The summed E-state index contributed by atoms with van der Waals surface area (Å²) < 4.78 is 13.7. The van der Waals surface area contributed by atoms with Gasteiger partial charge in [-0.2, -0.15) is 0 Å². The molecule has 1 N–H and O–H groups in total. The molecule has 0 aromatic heterocycles. The number of likely N-dealkylation sites (N-methyl/N-ethyl adjacent to an activating group) is 1. The second-order valence-corrected chi connectivity index (χ2v) is 6.28. The molecule has 6 heteroatoms. The van der Waals surface area contributed by atoms with Gasteiger partial charge < -0.3 is 5.32 Å². The van der Waals surface area contributed by atoms with E-state index in [2.05, 4.69) is 5.32 Å². The molecule has 2 aromatic rings. The molecule has 122 valence electrons. The SMILES string of the molecule is Cc1ccc(NC(=O)CN(C)Cc2ccc(Cl)cc2Cl)c(F)c1. The van der Waals surface area contributed by atoms with Crippen molar-refractivity contribution in [1.82, 2.24) is 4.90 Å². The number of aryl methyl sites for hydroxylation is 1. The molecule has 0 heterocycles. The summed E-state index contributed by atoms with van der Waals surface area (Å²) in [6, 6.07) is 9.91. The van der Waals surface area contributed by atoms with E-state index in [0.717, 1.165) is 11.1 Å². The van der Waals surface area contributed by atoms with E-state index >= 15 is 0 Å². The summed E-state index contributed by atoms with van der Waals surface area (Å²) in [5, 5.41) is 3.68. The van der Waals surface area contributed by atoms with Crippen LogP contribution in [0, 0.1) is 12.7 Å². The molecule has 0 aliphatic heterocycles. The summed E-state index contributed by atoms with van der Waals surface area (Å²) in [7, 11) is 1.79. The first-order chi connectivity index (χ1) is 10.8. The maximum absolute atomic E-state index is 13.7. The van der Waals surface area contributed by atoms with E-state index < -0.39 is 5.82 Å². The Morgan fingerprint density at radius 1 is 1.22 bits per heavy atom. The van der Waals surface area contributed by atoms with Crippen molar-refractivity contribution < 1.29 is 9.18 Å². The summed E-state index contributed by atoms with van der Waals surface area (Å²) in [4.78, 5) is 13.8. The molecule has 0 saturated heterocycles. The maximum Gasteiger partial charge on any atom is 0.238 e. The number of hydrogen-bond donors (Lipinski definition) is 1. The predicted molar refractivity (Wildman–Crippen MR) is 92.6 cm³/mol. The summed E-state index contributed by atoms with van der Waals surface area (Å²) >= 11 is 12.0. The standard InChI is InChI=1S/C17H17Cl2FN2O/c1-11-3-6-16(15(20)7-11)21-17(23)10-22(2)9-12-4-5-13(18)8-14(12)19/h3-8H,9-10H2,1-2H3,(H,21,23). The van der Waals surface area contributed by atoms with Gasteiger partial charge in [0, 0.05) is 16.6 Å². The molecule has 0 bridgehead atoms. The molecule has 2 aromatic carbocycles. The molecular weight excluding hydrogens is 338 g/mol. The molecule has 0 spiro atoms. The van der Waals surface area contributed by atoms with Gasteiger partial charge in [-0.05, 0) is 49.4 Å². The highest BCUT2D eigenvalue weighted by atomic mass is 35.5. The first-order valence-corrected chi connectivity index (χ1v) is 7.79. The number of hydrogen-bond acceptors (Lipinski definition) is 2. The first-order valence-electron chi connectivity index (χ1n) is 7.03. The van der Waals surface area contributed by atoms with Crippen LogP contribution in [0.2, 0.25) is 10.0 Å². The van der Waals surface area contributed by atoms with Crippen molar-refractivity contribution in [2.24, 2.45) is 0 Å². The van der Waals surface area contributed by atoms with Gasteiger partial charge in [-0.25, -0.2) is 4.39 Å². The number of carbonyl (C=O) groups excluding carboxylic acids is 1. The Bertz CT molecular complexity index is 722. The van der Waals surface area contributed by atoms with Gasteiger partial charge in [0.25, 0.3) is 0 Å². The molecule has 0 aliphatic rings. The topological polar surface area (TPSA) is 32.3 Å². The Balaban J connectivity index is 1.94. The van der Waals surface area contributed by atoms with Crippen LogP contribution in [0.3, 0.4) is 0 Å². The number of benzene rings is 2. The Hall–Kier alpha value is -1.62. The molecular formula is C17H17Cl2FN2O. The number of nitrogens with one attached hydrogen (secondary N) is 1. The van der Waals surface area contributed by atoms with Crippen LogP contribution in [-0.2, 0) is 11.3 Å². The molecule has 1 amide bonds. The van der Waals surface area contributed by atoms with E-state index in [-0.39, 0.29) is 18.1 Å². The van der Waals surface area contributed by atoms with Crippen molar-refractivity contribution in [3.05, 3.63) is 63.4 Å². The normalized spacial score (nSPS) is 10.9. The third-order valence-electron chi connectivity index (χ3n) is 3.27. The predicted octanol–water partition coefficient (Wildman–Crippen LogP) is 4.51. The minimum absolute atomic E-state index is 0.117. The second kappa shape index (κ2) is 7.77. The Morgan fingerprint density at radius 2 is 1.96 bits per heavy atom. The van der Waals surface area contributed by atoms with Crippen LogP contribution in [-0.4, -0.2) is 24.4 Å². The number of rotatable bonds is 5. The molecule has 23 heavy (non-hydrogen) atoms. The van der Waals surface area contributed by atoms with Crippen molar-refractivity contribution in [1.29, 1.82) is 0 Å². The average molecular weight is 355 g/mol. The number of anilines is 1. The zero-order valence-corrected chi connectivity index (χ0v) is 14.4. The summed E-state index contributed by atoms with van der Waals surface area (Å²) in [5.74, 6) is -0.734. The fourth-order valence-electron chi connectivity index (χ4n) is 2.15. The van der Waals surface area contributed by atoms with Crippen molar-refractivity contribution in [3.63, 3.8) is 0 Å². The van der Waals surface area contributed by atoms with Crippen molar-refractivity contribution in [2.45, 2.75) is 13.5 Å². The molecule has 0 fully saturated rings. The highest BCUT2D eigenvalue weighted by Crippen LogP contribution is 2.22. The number of halogens is 3. The third-order valence-corrected chi connectivity index (χ3v) is 3.85. The minimum Gasteiger partial charge on any atom is -0.322 e. The third kappa shape index (κ3) is 5.20. The largest absolute Gasteiger partial charge is 0.322 e. The van der Waals surface area contributed by atoms with Gasteiger partial charge in [0.1, 0.15) is 5.82 Å². The highest BCUT2D eigenvalue weighted by Gasteiger charge is 2.11. The van der Waals surface area contributed by atoms with Crippen molar-refractivity contribution in [2.75, 3.05) is 18.9 Å². The zero-order chi connectivity index (χ0) is 17.0. The monoisotopic (exact) mass is 354 g/mol. The number of carbonyl (C=O) groups is 1. The van der Waals surface area contributed by atoms with Gasteiger partial charge in [-0.15, -0.1) is 0 Å². The van der Waals surface area contributed by atoms with Crippen LogP contribution in [0.1, 0.15) is 11.1 Å². The highest BCUT2D eigenvalue weighted by molar-refractivity contribution is 6.35. The number of amides is 1. The lowest BCUT2D eigenvalue weighted by Crippen LogP contribution is -2.30. The van der Waals surface area contributed by atoms with Gasteiger partial charge in [0.2, 0.25) is 5.91 Å². The van der Waals surface area contributed by atoms with Crippen LogP contribution >= 0.6 is 23.2 Å². The zero-order valence-electron chi connectivity index (χ0n) is 12.9. The quantitative estimate of drug-likeness (QED) is 0.856. The van der Waals surface area contributed by atoms with Gasteiger partial charge in [0.15, 0.2) is 0 Å². The van der Waals surface area contributed by atoms with Crippen molar-refractivity contribution in [3.8, 4) is 0 Å². The molecule has 0 atom stereocenters. The number of nitrogens with zero attached hydrogens (tertiary/aromatic N) is 1. The lowest BCUT2D eigenvalue weighted by Gasteiger charge is -2.17. The Morgan fingerprint density at radius 3 is 2.61 bits per heavy atom. The average Bonchev–Trinajstić information content (AvgIpc) is 2.45. The maximum atomic E-state index is 13.7. The van der Waals surface area contributed by atoms with E-state index in [4.69, 9.17) is 23.2 Å². The van der Waals surface area contributed by atoms with Gasteiger partial charge in [0.05, 0.1) is 12.2 Å². The van der Waals surface area contributed by atoms with E-state index in [1.54, 1.807) is 43.1 Å². The molecule has 2 rings (SSSR count). The van der Waals surface area contributed by atoms with Crippen LogP contribution < -0.4 is 5.32 Å². The first kappa shape index (κ1) is 17.7. The molecule has 3 nitrogen and oxygen atoms in total. The smallest absolute Gasteiger partial charge is 0.238 e. The van der Waals surface area contributed by atoms with Crippen LogP contribution in [0.15, 0.2) is 36.4 Å². The van der Waals surface area contributed by atoms with Crippen LogP contribution in [0.25, 0.3) is 0 Å². The molecule has 0 radical (unpaired) electrons. The Labute approximate surface area is 145 Å². The van der Waals surface area contributed by atoms with E-state index in [9.17, 15) is 9.18 Å². The van der Waals surface area contributed by atoms with Gasteiger partial charge >= 0.3 is 0 Å². The fourth-order valence-corrected chi connectivity index (χ4v) is 2.62. The molecule has 0 unspecified atom stereocenters. The van der Waals surface area contributed by atoms with Crippen LogP contribution in [0.4, 0.5) is 10.1 Å². The lowest BCUT2D eigenvalue weighted by molar-refractivity contribution is -0.117. The van der Waals surface area contributed by atoms with Gasteiger partial charge in [-0.3, -0.25) is 9.69 Å². The van der Waals surface area contributed by atoms with Gasteiger partial charge in [-0.1, -0.05) is 35.3 Å². The fraction of sp³-hybridized carbons (Fsp3) is 0.235. The van der Waals surface area contributed by atoms with E-state index in [0.29, 0.717) is 16.6 Å². The minimum atomic E-state index is -0.443. The Kier molecular flexibility index (Phi) is 5.99.